The van der Waals surface area contributed by atoms with E-state index in [1.54, 1.807) is 12.3 Å². The van der Waals surface area contributed by atoms with Crippen molar-refractivity contribution >= 4 is 28.6 Å². The largest absolute Gasteiger partial charge is 0.399 e. The molecule has 0 radical (unpaired) electrons. The number of carbonyl (C=O) groups excluding carboxylic acids is 1. The van der Waals surface area contributed by atoms with Gasteiger partial charge >= 0.3 is 0 Å². The molecular weight excluding hydrogens is 282 g/mol. The molecule has 2 heterocycles. The topological polar surface area (TPSA) is 68.0 Å². The lowest BCUT2D eigenvalue weighted by atomic mass is 10.1. The van der Waals surface area contributed by atoms with Crippen molar-refractivity contribution in [1.29, 1.82) is 0 Å². The Balaban J connectivity index is 1.77. The summed E-state index contributed by atoms with van der Waals surface area (Å²) in [6.07, 6.45) is 1.64. The number of nitrogens with one attached hydrogen (secondary N) is 1. The molecule has 1 aromatic carbocycles. The molecule has 0 saturated heterocycles. The first-order chi connectivity index (χ1) is 10.2. The van der Waals surface area contributed by atoms with Crippen LogP contribution in [0.3, 0.4) is 0 Å². The van der Waals surface area contributed by atoms with E-state index in [0.717, 1.165) is 11.3 Å². The number of nitrogens with two attached hydrogens (primary N) is 1. The van der Waals surface area contributed by atoms with Gasteiger partial charge in [-0.15, -0.1) is 11.3 Å². The number of benzene rings is 1. The fourth-order valence-corrected chi connectivity index (χ4v) is 2.56. The van der Waals surface area contributed by atoms with Crippen molar-refractivity contribution in [3.8, 4) is 11.3 Å². The van der Waals surface area contributed by atoms with Crippen LogP contribution in [0.1, 0.15) is 9.67 Å². The highest BCUT2D eigenvalue weighted by Crippen LogP contribution is 2.21. The number of anilines is 2. The molecule has 0 atom stereocenters. The summed E-state index contributed by atoms with van der Waals surface area (Å²) in [6, 6.07) is 14.9. The number of thiophene rings is 1. The summed E-state index contributed by atoms with van der Waals surface area (Å²) in [6.45, 7) is 0. The van der Waals surface area contributed by atoms with Gasteiger partial charge in [-0.25, -0.2) is 0 Å². The zero-order chi connectivity index (χ0) is 14.7. The van der Waals surface area contributed by atoms with Crippen LogP contribution in [0.15, 0.2) is 60.1 Å². The molecule has 0 unspecified atom stereocenters. The highest BCUT2D eigenvalue weighted by atomic mass is 32.1. The second-order valence-corrected chi connectivity index (χ2v) is 5.44. The van der Waals surface area contributed by atoms with Gasteiger partial charge in [0.2, 0.25) is 0 Å². The number of amides is 1. The lowest BCUT2D eigenvalue weighted by Crippen LogP contribution is -2.10. The third-order valence-corrected chi connectivity index (χ3v) is 3.82. The summed E-state index contributed by atoms with van der Waals surface area (Å²) < 4.78 is 0. The van der Waals surface area contributed by atoms with Crippen molar-refractivity contribution < 1.29 is 4.79 Å². The van der Waals surface area contributed by atoms with Gasteiger partial charge in [0, 0.05) is 11.3 Å². The molecular formula is C16H13N3OS. The molecule has 0 aliphatic carbocycles. The van der Waals surface area contributed by atoms with Crippen molar-refractivity contribution in [2.45, 2.75) is 0 Å². The molecule has 104 valence electrons. The molecule has 3 rings (SSSR count). The Morgan fingerprint density at radius 3 is 2.71 bits per heavy atom. The second-order valence-electron chi connectivity index (χ2n) is 4.49. The van der Waals surface area contributed by atoms with Crippen LogP contribution >= 0.6 is 11.3 Å². The molecule has 0 fully saturated rings. The van der Waals surface area contributed by atoms with Crippen LogP contribution in [-0.2, 0) is 0 Å². The average molecular weight is 295 g/mol. The fourth-order valence-electron chi connectivity index (χ4n) is 1.94. The van der Waals surface area contributed by atoms with E-state index in [0.29, 0.717) is 16.3 Å². The monoisotopic (exact) mass is 295 g/mol. The van der Waals surface area contributed by atoms with Gasteiger partial charge in [-0.1, -0.05) is 18.2 Å². The lowest BCUT2D eigenvalue weighted by Gasteiger charge is -2.05. The summed E-state index contributed by atoms with van der Waals surface area (Å²) in [7, 11) is 0. The predicted octanol–water partition coefficient (Wildman–Crippen LogP) is 3.64. The lowest BCUT2D eigenvalue weighted by molar-refractivity contribution is 0.103. The van der Waals surface area contributed by atoms with E-state index in [4.69, 9.17) is 5.73 Å². The highest BCUT2D eigenvalue weighted by molar-refractivity contribution is 7.12. The number of hydrogen-bond donors (Lipinski definition) is 2. The maximum Gasteiger partial charge on any atom is 0.265 e. The first-order valence-electron chi connectivity index (χ1n) is 6.39. The molecule has 0 spiro atoms. The minimum Gasteiger partial charge on any atom is -0.399 e. The maximum absolute atomic E-state index is 11.9. The molecule has 21 heavy (non-hydrogen) atoms. The van der Waals surface area contributed by atoms with Crippen LogP contribution in [0.4, 0.5) is 11.4 Å². The highest BCUT2D eigenvalue weighted by Gasteiger charge is 2.07. The molecule has 4 nitrogen and oxygen atoms in total. The first-order valence-corrected chi connectivity index (χ1v) is 7.27. The van der Waals surface area contributed by atoms with E-state index < -0.39 is 0 Å². The van der Waals surface area contributed by atoms with Crippen molar-refractivity contribution in [2.75, 3.05) is 11.1 Å². The third kappa shape index (κ3) is 3.09. The number of nitrogens with zero attached hydrogens (tertiary/aromatic N) is 1. The molecule has 0 bridgehead atoms. The van der Waals surface area contributed by atoms with E-state index in [1.807, 2.05) is 47.8 Å². The van der Waals surface area contributed by atoms with Gasteiger partial charge in [0.15, 0.2) is 0 Å². The van der Waals surface area contributed by atoms with Crippen LogP contribution < -0.4 is 11.1 Å². The van der Waals surface area contributed by atoms with Crippen molar-refractivity contribution in [2.24, 2.45) is 0 Å². The first kappa shape index (κ1) is 13.3. The van der Waals surface area contributed by atoms with E-state index in [1.165, 1.54) is 11.3 Å². The number of pyridine rings is 1. The number of carbonyl (C=O) groups is 1. The van der Waals surface area contributed by atoms with Gasteiger partial charge in [-0.2, -0.15) is 0 Å². The Morgan fingerprint density at radius 1 is 1.14 bits per heavy atom. The van der Waals surface area contributed by atoms with E-state index >= 15 is 0 Å². The zero-order valence-corrected chi connectivity index (χ0v) is 11.9. The summed E-state index contributed by atoms with van der Waals surface area (Å²) >= 11 is 1.41. The molecule has 3 N–H and O–H groups in total. The number of hydrogen-bond acceptors (Lipinski definition) is 4. The van der Waals surface area contributed by atoms with Gasteiger partial charge in [0.1, 0.15) is 0 Å². The molecule has 0 saturated carbocycles. The van der Waals surface area contributed by atoms with E-state index in [2.05, 4.69) is 10.3 Å². The van der Waals surface area contributed by atoms with Gasteiger partial charge in [-0.05, 0) is 35.7 Å². The average Bonchev–Trinajstić information content (AvgIpc) is 3.02. The number of nitrogen functional groups attached to an aromatic ring is 1. The maximum atomic E-state index is 11.9. The molecule has 2 aromatic heterocycles. The Bertz CT molecular complexity index is 751. The van der Waals surface area contributed by atoms with Crippen molar-refractivity contribution in [3.05, 3.63) is 65.0 Å². The summed E-state index contributed by atoms with van der Waals surface area (Å²) in [5, 5.41) is 4.69. The molecule has 3 aromatic rings. The van der Waals surface area contributed by atoms with Crippen LogP contribution in [0.5, 0.6) is 0 Å². The van der Waals surface area contributed by atoms with Crippen LogP contribution in [-0.4, -0.2) is 10.9 Å². The van der Waals surface area contributed by atoms with Gasteiger partial charge in [0.25, 0.3) is 5.91 Å². The zero-order valence-electron chi connectivity index (χ0n) is 11.1. The van der Waals surface area contributed by atoms with E-state index in [-0.39, 0.29) is 5.91 Å². The van der Waals surface area contributed by atoms with Crippen LogP contribution in [0.2, 0.25) is 0 Å². The molecule has 1 amide bonds. The van der Waals surface area contributed by atoms with Crippen molar-refractivity contribution in [3.63, 3.8) is 0 Å². The number of rotatable bonds is 3. The Morgan fingerprint density at radius 2 is 2.05 bits per heavy atom. The predicted molar refractivity (Wildman–Crippen MR) is 86.4 cm³/mol. The van der Waals surface area contributed by atoms with Gasteiger partial charge in [-0.3, -0.25) is 9.78 Å². The fraction of sp³-hybridized carbons (Fsp3) is 0. The Hall–Kier alpha value is -2.66. The van der Waals surface area contributed by atoms with Crippen LogP contribution in [0, 0.1) is 0 Å². The number of aromatic nitrogens is 1. The smallest absolute Gasteiger partial charge is 0.265 e. The van der Waals surface area contributed by atoms with Crippen molar-refractivity contribution in [1.82, 2.24) is 4.98 Å². The Kier molecular flexibility index (Phi) is 3.66. The minimum atomic E-state index is -0.122. The SMILES string of the molecule is Nc1cccc(-c2ccc(NC(=O)c3cccs3)cn2)c1. The third-order valence-electron chi connectivity index (χ3n) is 2.95. The summed E-state index contributed by atoms with van der Waals surface area (Å²) in [5.41, 5.74) is 8.89. The summed E-state index contributed by atoms with van der Waals surface area (Å²) in [4.78, 5) is 17.0. The summed E-state index contributed by atoms with van der Waals surface area (Å²) in [5.74, 6) is -0.122. The standard InChI is InChI=1S/C16H13N3OS/c17-12-4-1-3-11(9-12)14-7-6-13(10-18-14)19-16(20)15-5-2-8-21-15/h1-10H,17H2,(H,19,20). The second kappa shape index (κ2) is 5.76. The molecule has 0 aliphatic rings. The normalized spacial score (nSPS) is 10.3. The Labute approximate surface area is 126 Å². The molecule has 5 heteroatoms. The van der Waals surface area contributed by atoms with E-state index in [9.17, 15) is 4.79 Å². The van der Waals surface area contributed by atoms with Gasteiger partial charge < -0.3 is 11.1 Å². The van der Waals surface area contributed by atoms with Crippen LogP contribution in [0.25, 0.3) is 11.3 Å². The molecule has 0 aliphatic heterocycles. The van der Waals surface area contributed by atoms with Gasteiger partial charge in [0.05, 0.1) is 22.5 Å². The minimum absolute atomic E-state index is 0.122. The quantitative estimate of drug-likeness (QED) is 0.725.